The van der Waals surface area contributed by atoms with Crippen LogP contribution in [0.4, 0.5) is 0 Å². The smallest absolute Gasteiger partial charge is 0.323 e. The van der Waals surface area contributed by atoms with Crippen LogP contribution in [0.5, 0.6) is 0 Å². The van der Waals surface area contributed by atoms with E-state index in [0.717, 1.165) is 31.5 Å². The molecule has 0 spiro atoms. The van der Waals surface area contributed by atoms with E-state index in [1.54, 1.807) is 6.20 Å². The summed E-state index contributed by atoms with van der Waals surface area (Å²) < 4.78 is 6.79. The van der Waals surface area contributed by atoms with Gasteiger partial charge in [0.05, 0.1) is 12.8 Å². The van der Waals surface area contributed by atoms with Gasteiger partial charge in [-0.1, -0.05) is 6.42 Å². The Bertz CT molecular complexity index is 577. The molecule has 0 N–H and O–H groups in total. The minimum Gasteiger partial charge on any atom is -0.468 e. The lowest BCUT2D eigenvalue weighted by Crippen LogP contribution is -2.44. The van der Waals surface area contributed by atoms with Gasteiger partial charge in [0.2, 0.25) is 5.78 Å². The number of likely N-dealkylation sites (tertiary alicyclic amines) is 1. The number of piperidine rings is 1. The van der Waals surface area contributed by atoms with E-state index >= 15 is 0 Å². The van der Waals surface area contributed by atoms with Gasteiger partial charge in [-0.2, -0.15) is 0 Å². The van der Waals surface area contributed by atoms with E-state index in [4.69, 9.17) is 4.74 Å². The first-order valence-corrected chi connectivity index (χ1v) is 6.88. The molecule has 3 rings (SSSR count). The van der Waals surface area contributed by atoms with Gasteiger partial charge in [-0.05, 0) is 25.5 Å². The topological polar surface area (TPSA) is 59.7 Å². The fourth-order valence-electron chi connectivity index (χ4n) is 2.75. The molecule has 0 unspecified atom stereocenters. The molecule has 1 aliphatic heterocycles. The number of carbonyl (C=O) groups excluding carboxylic acids is 1. The van der Waals surface area contributed by atoms with Crippen molar-refractivity contribution in [3.05, 3.63) is 30.4 Å². The second-order valence-corrected chi connectivity index (χ2v) is 5.06. The van der Waals surface area contributed by atoms with E-state index in [-0.39, 0.29) is 12.0 Å². The number of hydrogen-bond acceptors (Lipinski definition) is 5. The summed E-state index contributed by atoms with van der Waals surface area (Å²) in [5.74, 6) is 0.542. The molecule has 0 bridgehead atoms. The minimum atomic E-state index is -0.147. The van der Waals surface area contributed by atoms with Crippen molar-refractivity contribution in [3.63, 3.8) is 0 Å². The third kappa shape index (κ3) is 2.51. The number of nitrogens with zero attached hydrogens (tertiary/aromatic N) is 4. The van der Waals surface area contributed by atoms with Crippen LogP contribution in [-0.2, 0) is 16.1 Å². The lowest BCUT2D eigenvalue weighted by molar-refractivity contribution is -0.148. The fraction of sp³-hybridized carbons (Fsp3) is 0.500. The second-order valence-electron chi connectivity index (χ2n) is 5.06. The molecule has 1 atom stereocenters. The van der Waals surface area contributed by atoms with E-state index < -0.39 is 0 Å². The number of methoxy groups -OCH3 is 1. The van der Waals surface area contributed by atoms with Gasteiger partial charge in [0.25, 0.3) is 0 Å². The molecule has 0 saturated carbocycles. The fourth-order valence-corrected chi connectivity index (χ4v) is 2.75. The summed E-state index contributed by atoms with van der Waals surface area (Å²) in [4.78, 5) is 22.7. The van der Waals surface area contributed by atoms with Gasteiger partial charge in [0, 0.05) is 25.1 Å². The van der Waals surface area contributed by atoms with Crippen LogP contribution >= 0.6 is 0 Å². The van der Waals surface area contributed by atoms with E-state index in [9.17, 15) is 4.79 Å². The summed E-state index contributed by atoms with van der Waals surface area (Å²) in [6.45, 7) is 1.56. The molecule has 6 nitrogen and oxygen atoms in total. The van der Waals surface area contributed by atoms with Gasteiger partial charge < -0.3 is 4.74 Å². The van der Waals surface area contributed by atoms with Gasteiger partial charge in [-0.15, -0.1) is 0 Å². The van der Waals surface area contributed by atoms with Gasteiger partial charge in [0.1, 0.15) is 6.04 Å². The highest BCUT2D eigenvalue weighted by Gasteiger charge is 2.29. The molecule has 0 aliphatic carbocycles. The van der Waals surface area contributed by atoms with Crippen molar-refractivity contribution in [2.45, 2.75) is 31.8 Å². The molecule has 20 heavy (non-hydrogen) atoms. The lowest BCUT2D eigenvalue weighted by Gasteiger charge is -2.32. The van der Waals surface area contributed by atoms with Crippen LogP contribution < -0.4 is 0 Å². The Hall–Kier alpha value is -1.95. The van der Waals surface area contributed by atoms with E-state index in [1.807, 2.05) is 22.9 Å². The SMILES string of the molecule is COC(=O)[C@H]1CCCCN1Cc1cn2cccnc2n1. The van der Waals surface area contributed by atoms with Crippen molar-refractivity contribution in [1.29, 1.82) is 0 Å². The zero-order valence-electron chi connectivity index (χ0n) is 11.5. The largest absolute Gasteiger partial charge is 0.468 e. The van der Waals surface area contributed by atoms with Crippen LogP contribution in [0.1, 0.15) is 25.0 Å². The first-order valence-electron chi connectivity index (χ1n) is 6.88. The summed E-state index contributed by atoms with van der Waals surface area (Å²) in [5, 5.41) is 0. The second kappa shape index (κ2) is 5.58. The number of rotatable bonds is 3. The van der Waals surface area contributed by atoms with Crippen molar-refractivity contribution in [1.82, 2.24) is 19.3 Å². The molecular weight excluding hydrogens is 256 g/mol. The van der Waals surface area contributed by atoms with Crippen molar-refractivity contribution in [2.75, 3.05) is 13.7 Å². The zero-order valence-corrected chi connectivity index (χ0v) is 11.5. The van der Waals surface area contributed by atoms with Crippen LogP contribution in [0.15, 0.2) is 24.7 Å². The number of fused-ring (bicyclic) bond motifs is 1. The van der Waals surface area contributed by atoms with Crippen LogP contribution in [-0.4, -0.2) is 44.9 Å². The normalized spacial score (nSPS) is 20.1. The highest BCUT2D eigenvalue weighted by Crippen LogP contribution is 2.20. The number of esters is 1. The molecule has 0 aromatic carbocycles. The summed E-state index contributed by atoms with van der Waals surface area (Å²) in [6, 6.07) is 1.72. The minimum absolute atomic E-state index is 0.147. The molecule has 1 saturated heterocycles. The Labute approximate surface area is 117 Å². The first-order chi connectivity index (χ1) is 9.78. The van der Waals surface area contributed by atoms with Crippen molar-refractivity contribution < 1.29 is 9.53 Å². The van der Waals surface area contributed by atoms with E-state index in [2.05, 4.69) is 14.9 Å². The molecule has 0 radical (unpaired) electrons. The number of carbonyl (C=O) groups is 1. The number of aromatic nitrogens is 3. The van der Waals surface area contributed by atoms with E-state index in [0.29, 0.717) is 12.3 Å². The Balaban J connectivity index is 1.79. The molecule has 2 aromatic rings. The summed E-state index contributed by atoms with van der Waals surface area (Å²) in [6.07, 6.45) is 8.66. The third-order valence-corrected chi connectivity index (χ3v) is 3.74. The highest BCUT2D eigenvalue weighted by atomic mass is 16.5. The zero-order chi connectivity index (χ0) is 13.9. The number of hydrogen-bond donors (Lipinski definition) is 0. The summed E-state index contributed by atoms with van der Waals surface area (Å²) >= 11 is 0. The van der Waals surface area contributed by atoms with Crippen LogP contribution in [0.3, 0.4) is 0 Å². The molecule has 3 heterocycles. The van der Waals surface area contributed by atoms with Gasteiger partial charge in [-0.25, -0.2) is 9.97 Å². The maximum atomic E-state index is 11.8. The van der Waals surface area contributed by atoms with Gasteiger partial charge in [0.15, 0.2) is 0 Å². The monoisotopic (exact) mass is 274 g/mol. The van der Waals surface area contributed by atoms with Crippen molar-refractivity contribution in [3.8, 4) is 0 Å². The maximum absolute atomic E-state index is 11.8. The molecular formula is C14H18N4O2. The van der Waals surface area contributed by atoms with Crippen LogP contribution in [0, 0.1) is 0 Å². The standard InChI is InChI=1S/C14H18N4O2/c1-20-13(19)12-5-2-3-7-17(12)9-11-10-18-8-4-6-15-14(18)16-11/h4,6,8,10,12H,2-3,5,7,9H2,1H3/t12-/m1/s1. The van der Waals surface area contributed by atoms with Crippen molar-refractivity contribution in [2.24, 2.45) is 0 Å². The average Bonchev–Trinajstić information content (AvgIpc) is 2.89. The highest BCUT2D eigenvalue weighted by molar-refractivity contribution is 5.75. The summed E-state index contributed by atoms with van der Waals surface area (Å²) in [5.41, 5.74) is 0.930. The maximum Gasteiger partial charge on any atom is 0.323 e. The van der Waals surface area contributed by atoms with E-state index in [1.165, 1.54) is 7.11 Å². The Kier molecular flexibility index (Phi) is 3.64. The van der Waals surface area contributed by atoms with Gasteiger partial charge >= 0.3 is 5.97 Å². The lowest BCUT2D eigenvalue weighted by atomic mass is 10.0. The Morgan fingerprint density at radius 2 is 2.40 bits per heavy atom. The quantitative estimate of drug-likeness (QED) is 0.789. The molecule has 6 heteroatoms. The van der Waals surface area contributed by atoms with Gasteiger partial charge in [-0.3, -0.25) is 14.1 Å². The molecule has 1 aliphatic rings. The molecule has 1 fully saturated rings. The third-order valence-electron chi connectivity index (χ3n) is 3.74. The number of imidazole rings is 1. The predicted molar refractivity (Wildman–Crippen MR) is 73.1 cm³/mol. The Morgan fingerprint density at radius 3 is 3.20 bits per heavy atom. The van der Waals surface area contributed by atoms with Crippen LogP contribution in [0.2, 0.25) is 0 Å². The van der Waals surface area contributed by atoms with Crippen molar-refractivity contribution >= 4 is 11.7 Å². The predicted octanol–water partition coefficient (Wildman–Crippen LogP) is 1.26. The Morgan fingerprint density at radius 1 is 1.50 bits per heavy atom. The average molecular weight is 274 g/mol. The first kappa shape index (κ1) is 13.1. The molecule has 0 amide bonds. The molecule has 106 valence electrons. The van der Waals surface area contributed by atoms with Crippen LogP contribution in [0.25, 0.3) is 5.78 Å². The molecule has 2 aromatic heterocycles. The summed E-state index contributed by atoms with van der Waals surface area (Å²) in [7, 11) is 1.45. The number of ether oxygens (including phenoxy) is 1.